The third-order valence-electron chi connectivity index (χ3n) is 3.89. The van der Waals surface area contributed by atoms with Gasteiger partial charge in [-0.15, -0.1) is 0 Å². The Balaban J connectivity index is 2.65. The number of hydrogen-bond acceptors (Lipinski definition) is 1. The number of allylic oxidation sites excluding steroid dienone is 1. The molecule has 0 aromatic rings. The topological polar surface area (TPSA) is 3.24 Å². The SMILES string of the molecule is CCCCC(C1=CCCCC1)N(C)C(C)C. The fourth-order valence-electron chi connectivity index (χ4n) is 2.57. The summed E-state index contributed by atoms with van der Waals surface area (Å²) >= 11 is 0. The maximum atomic E-state index is 2.56. The summed E-state index contributed by atoms with van der Waals surface area (Å²) in [5, 5.41) is 0. The number of nitrogens with zero attached hydrogens (tertiary/aromatic N) is 1. The molecule has 0 aromatic carbocycles. The Hall–Kier alpha value is -0.300. The fraction of sp³-hybridized carbons (Fsp3) is 0.867. The van der Waals surface area contributed by atoms with Crippen LogP contribution in [0.25, 0.3) is 0 Å². The maximum absolute atomic E-state index is 2.56. The van der Waals surface area contributed by atoms with Crippen molar-refractivity contribution >= 4 is 0 Å². The molecule has 1 nitrogen and oxygen atoms in total. The van der Waals surface area contributed by atoms with Crippen molar-refractivity contribution in [3.05, 3.63) is 11.6 Å². The van der Waals surface area contributed by atoms with Crippen LogP contribution in [0.2, 0.25) is 0 Å². The minimum absolute atomic E-state index is 0.657. The third kappa shape index (κ3) is 3.93. The molecule has 0 radical (unpaired) electrons. The second-order valence-corrected chi connectivity index (χ2v) is 5.44. The highest BCUT2D eigenvalue weighted by molar-refractivity contribution is 5.13. The van der Waals surface area contributed by atoms with E-state index in [0.717, 1.165) is 0 Å². The quantitative estimate of drug-likeness (QED) is 0.604. The van der Waals surface area contributed by atoms with Gasteiger partial charge >= 0.3 is 0 Å². The lowest BCUT2D eigenvalue weighted by Gasteiger charge is -2.34. The van der Waals surface area contributed by atoms with Crippen LogP contribution in [0, 0.1) is 0 Å². The summed E-state index contributed by atoms with van der Waals surface area (Å²) in [5.41, 5.74) is 1.72. The van der Waals surface area contributed by atoms with Crippen molar-refractivity contribution in [3.8, 4) is 0 Å². The molecular weight excluding hydrogens is 194 g/mol. The molecule has 0 heterocycles. The van der Waals surface area contributed by atoms with Gasteiger partial charge in [0.2, 0.25) is 0 Å². The van der Waals surface area contributed by atoms with E-state index < -0.39 is 0 Å². The molecule has 0 saturated carbocycles. The summed E-state index contributed by atoms with van der Waals surface area (Å²) in [6.07, 6.45) is 12.0. The van der Waals surface area contributed by atoms with Crippen LogP contribution in [0.3, 0.4) is 0 Å². The monoisotopic (exact) mass is 223 g/mol. The van der Waals surface area contributed by atoms with Gasteiger partial charge in [0, 0.05) is 12.1 Å². The zero-order valence-corrected chi connectivity index (χ0v) is 11.6. The van der Waals surface area contributed by atoms with Crippen LogP contribution in [0.4, 0.5) is 0 Å². The Morgan fingerprint density at radius 3 is 2.56 bits per heavy atom. The Kier molecular flexibility index (Phi) is 6.12. The van der Waals surface area contributed by atoms with Crippen LogP contribution >= 0.6 is 0 Å². The smallest absolute Gasteiger partial charge is 0.0307 e. The first-order valence-electron chi connectivity index (χ1n) is 7.07. The maximum Gasteiger partial charge on any atom is 0.0307 e. The molecule has 94 valence electrons. The highest BCUT2D eigenvalue weighted by Gasteiger charge is 2.21. The summed E-state index contributed by atoms with van der Waals surface area (Å²) in [6, 6.07) is 1.37. The molecule has 0 saturated heterocycles. The number of unbranched alkanes of at least 4 members (excludes halogenated alkanes) is 1. The van der Waals surface area contributed by atoms with Gasteiger partial charge in [0.1, 0.15) is 0 Å². The van der Waals surface area contributed by atoms with Gasteiger partial charge in [0.25, 0.3) is 0 Å². The van der Waals surface area contributed by atoms with Gasteiger partial charge in [-0.2, -0.15) is 0 Å². The molecular formula is C15H29N. The molecule has 1 heteroatoms. The molecule has 0 N–H and O–H groups in total. The molecule has 16 heavy (non-hydrogen) atoms. The molecule has 0 bridgehead atoms. The molecule has 1 unspecified atom stereocenters. The van der Waals surface area contributed by atoms with E-state index in [9.17, 15) is 0 Å². The average Bonchev–Trinajstić information content (AvgIpc) is 2.30. The fourth-order valence-corrected chi connectivity index (χ4v) is 2.57. The van der Waals surface area contributed by atoms with Gasteiger partial charge in [-0.25, -0.2) is 0 Å². The van der Waals surface area contributed by atoms with Crippen molar-refractivity contribution < 1.29 is 0 Å². The van der Waals surface area contributed by atoms with Crippen LogP contribution in [0.5, 0.6) is 0 Å². The van der Waals surface area contributed by atoms with Crippen molar-refractivity contribution in [1.82, 2.24) is 4.90 Å². The lowest BCUT2D eigenvalue weighted by molar-refractivity contribution is 0.203. The van der Waals surface area contributed by atoms with Crippen LogP contribution in [-0.2, 0) is 0 Å². The molecule has 0 aromatic heterocycles. The van der Waals surface area contributed by atoms with E-state index in [1.54, 1.807) is 5.57 Å². The van der Waals surface area contributed by atoms with Crippen molar-refractivity contribution in [2.75, 3.05) is 7.05 Å². The van der Waals surface area contributed by atoms with Gasteiger partial charge in [-0.05, 0) is 53.0 Å². The van der Waals surface area contributed by atoms with E-state index in [1.807, 2.05) is 0 Å². The average molecular weight is 223 g/mol. The Labute approximate surface area is 102 Å². The highest BCUT2D eigenvalue weighted by Crippen LogP contribution is 2.26. The van der Waals surface area contributed by atoms with Gasteiger partial charge in [0.15, 0.2) is 0 Å². The van der Waals surface area contributed by atoms with E-state index >= 15 is 0 Å². The second-order valence-electron chi connectivity index (χ2n) is 5.44. The second kappa shape index (κ2) is 7.11. The van der Waals surface area contributed by atoms with Gasteiger partial charge in [-0.1, -0.05) is 31.4 Å². The zero-order valence-electron chi connectivity index (χ0n) is 11.6. The first-order chi connectivity index (χ1) is 7.66. The molecule has 0 aliphatic heterocycles. The van der Waals surface area contributed by atoms with Crippen LogP contribution in [0.1, 0.15) is 65.7 Å². The first-order valence-corrected chi connectivity index (χ1v) is 7.07. The lowest BCUT2D eigenvalue weighted by Crippen LogP contribution is -2.38. The molecule has 1 atom stereocenters. The van der Waals surface area contributed by atoms with Crippen molar-refractivity contribution in [1.29, 1.82) is 0 Å². The molecule has 0 fully saturated rings. The van der Waals surface area contributed by atoms with E-state index in [1.165, 1.54) is 44.9 Å². The van der Waals surface area contributed by atoms with E-state index in [4.69, 9.17) is 0 Å². The lowest BCUT2D eigenvalue weighted by atomic mass is 9.90. The van der Waals surface area contributed by atoms with Crippen molar-refractivity contribution in [3.63, 3.8) is 0 Å². The summed E-state index contributed by atoms with van der Waals surface area (Å²) in [4.78, 5) is 2.56. The van der Waals surface area contributed by atoms with Crippen LogP contribution in [0.15, 0.2) is 11.6 Å². The largest absolute Gasteiger partial charge is 0.297 e. The Morgan fingerprint density at radius 2 is 2.06 bits per heavy atom. The molecule has 0 amide bonds. The van der Waals surface area contributed by atoms with E-state index in [-0.39, 0.29) is 0 Å². The molecule has 1 rings (SSSR count). The summed E-state index contributed by atoms with van der Waals surface area (Å²) in [6.45, 7) is 6.91. The Morgan fingerprint density at radius 1 is 1.31 bits per heavy atom. The molecule has 1 aliphatic rings. The summed E-state index contributed by atoms with van der Waals surface area (Å²) < 4.78 is 0. The normalized spacial score (nSPS) is 19.0. The zero-order chi connectivity index (χ0) is 12.0. The predicted molar refractivity (Wildman–Crippen MR) is 72.8 cm³/mol. The van der Waals surface area contributed by atoms with E-state index in [2.05, 4.69) is 38.8 Å². The number of likely N-dealkylation sites (N-methyl/N-ethyl adjacent to an activating group) is 1. The third-order valence-corrected chi connectivity index (χ3v) is 3.89. The van der Waals surface area contributed by atoms with E-state index in [0.29, 0.717) is 12.1 Å². The minimum atomic E-state index is 0.657. The molecule has 1 aliphatic carbocycles. The Bertz CT molecular complexity index is 217. The predicted octanol–water partition coefficient (Wildman–Crippen LogP) is 4.39. The van der Waals surface area contributed by atoms with Gasteiger partial charge in [-0.3, -0.25) is 4.90 Å². The minimum Gasteiger partial charge on any atom is -0.297 e. The molecule has 0 spiro atoms. The number of rotatable bonds is 6. The van der Waals surface area contributed by atoms with Crippen molar-refractivity contribution in [2.24, 2.45) is 0 Å². The van der Waals surface area contributed by atoms with Gasteiger partial charge in [0.05, 0.1) is 0 Å². The standard InChI is InChI=1S/C15H29N/c1-5-6-12-15(16(4)13(2)3)14-10-8-7-9-11-14/h10,13,15H,5-9,11-12H2,1-4H3. The van der Waals surface area contributed by atoms with Crippen molar-refractivity contribution in [2.45, 2.75) is 77.8 Å². The van der Waals surface area contributed by atoms with Gasteiger partial charge < -0.3 is 0 Å². The highest BCUT2D eigenvalue weighted by atomic mass is 15.1. The first kappa shape index (κ1) is 13.8. The summed E-state index contributed by atoms with van der Waals surface area (Å²) in [5.74, 6) is 0. The van der Waals surface area contributed by atoms with Crippen LogP contribution in [-0.4, -0.2) is 24.0 Å². The number of hydrogen-bond donors (Lipinski definition) is 0. The van der Waals surface area contributed by atoms with Crippen LogP contribution < -0.4 is 0 Å². The summed E-state index contributed by atoms with van der Waals surface area (Å²) in [7, 11) is 2.29.